The molecule has 7 nitrogen and oxygen atoms in total. The molecule has 0 radical (unpaired) electrons. The minimum absolute atomic E-state index is 0. The van der Waals surface area contributed by atoms with Gasteiger partial charge in [-0.05, 0) is 37.8 Å². The zero-order valence-corrected chi connectivity index (χ0v) is 14.8. The standard InChI is InChI=1S/C15H19N3O4S.ClH/c1-18-13-5-4-12(8-14(13)22-15(18)19)23(20,21)17-11-6-9-2-3-10(7-11)16-9;/h4-5,8-11,16-17H,2-3,6-7H2,1H3;1H. The van der Waals surface area contributed by atoms with Gasteiger partial charge in [0.1, 0.15) is 0 Å². The molecule has 2 aromatic rings. The molecule has 132 valence electrons. The number of nitrogens with one attached hydrogen (secondary N) is 2. The Morgan fingerprint density at radius 3 is 2.58 bits per heavy atom. The molecular formula is C15H20ClN3O4S. The number of fused-ring (bicyclic) bond motifs is 3. The Bertz CT molecular complexity index is 908. The van der Waals surface area contributed by atoms with Crippen molar-refractivity contribution >= 4 is 33.5 Å². The molecule has 2 unspecified atom stereocenters. The summed E-state index contributed by atoms with van der Waals surface area (Å²) in [4.78, 5) is 11.6. The van der Waals surface area contributed by atoms with Gasteiger partial charge in [0.25, 0.3) is 0 Å². The van der Waals surface area contributed by atoms with Crippen molar-refractivity contribution in [3.8, 4) is 0 Å². The fraction of sp³-hybridized carbons (Fsp3) is 0.533. The average Bonchev–Trinajstić information content (AvgIpc) is 2.98. The highest BCUT2D eigenvalue weighted by atomic mass is 35.5. The molecule has 2 bridgehead atoms. The van der Waals surface area contributed by atoms with Gasteiger partial charge in [-0.2, -0.15) is 0 Å². The summed E-state index contributed by atoms with van der Waals surface area (Å²) in [6.07, 6.45) is 3.87. The van der Waals surface area contributed by atoms with E-state index in [0.29, 0.717) is 17.6 Å². The summed E-state index contributed by atoms with van der Waals surface area (Å²) >= 11 is 0. The first-order valence-electron chi connectivity index (χ1n) is 7.80. The Balaban J connectivity index is 0.00000169. The van der Waals surface area contributed by atoms with Crippen LogP contribution in [-0.2, 0) is 17.1 Å². The molecule has 1 aromatic heterocycles. The van der Waals surface area contributed by atoms with Crippen molar-refractivity contribution in [3.63, 3.8) is 0 Å². The zero-order chi connectivity index (χ0) is 16.2. The molecule has 24 heavy (non-hydrogen) atoms. The van der Waals surface area contributed by atoms with Crippen LogP contribution in [0, 0.1) is 0 Å². The summed E-state index contributed by atoms with van der Waals surface area (Å²) in [6.45, 7) is 0. The second kappa shape index (κ2) is 6.18. The van der Waals surface area contributed by atoms with E-state index in [9.17, 15) is 13.2 Å². The molecule has 2 aliphatic rings. The molecule has 2 aliphatic heterocycles. The molecule has 0 saturated carbocycles. The molecule has 1 aromatic carbocycles. The number of aromatic nitrogens is 1. The summed E-state index contributed by atoms with van der Waals surface area (Å²) in [5.41, 5.74) is 0.861. The number of halogens is 1. The highest BCUT2D eigenvalue weighted by Gasteiger charge is 2.35. The summed E-state index contributed by atoms with van der Waals surface area (Å²) in [5.74, 6) is -0.502. The molecule has 9 heteroatoms. The molecule has 0 aliphatic carbocycles. The Kier molecular flexibility index (Phi) is 4.50. The second-order valence-electron chi connectivity index (χ2n) is 6.48. The highest BCUT2D eigenvalue weighted by Crippen LogP contribution is 2.28. The van der Waals surface area contributed by atoms with Crippen molar-refractivity contribution in [2.45, 2.75) is 48.7 Å². The highest BCUT2D eigenvalue weighted by molar-refractivity contribution is 7.89. The first-order valence-corrected chi connectivity index (χ1v) is 9.29. The second-order valence-corrected chi connectivity index (χ2v) is 8.20. The average molecular weight is 374 g/mol. The fourth-order valence-corrected chi connectivity index (χ4v) is 5.00. The van der Waals surface area contributed by atoms with E-state index in [0.717, 1.165) is 25.7 Å². The number of benzene rings is 1. The van der Waals surface area contributed by atoms with Gasteiger partial charge in [0.05, 0.1) is 10.4 Å². The van der Waals surface area contributed by atoms with Crippen molar-refractivity contribution in [2.24, 2.45) is 7.05 Å². The van der Waals surface area contributed by atoms with Crippen LogP contribution in [0.3, 0.4) is 0 Å². The fourth-order valence-electron chi connectivity index (χ4n) is 3.72. The number of hydrogen-bond acceptors (Lipinski definition) is 5. The molecular weight excluding hydrogens is 354 g/mol. The van der Waals surface area contributed by atoms with Gasteiger partial charge in [0, 0.05) is 31.2 Å². The van der Waals surface area contributed by atoms with Crippen molar-refractivity contribution in [1.29, 1.82) is 0 Å². The number of piperidine rings is 1. The SMILES string of the molecule is Cl.Cn1c(=O)oc2cc(S(=O)(=O)NC3CC4CCC(C3)N4)ccc21. The predicted molar refractivity (Wildman–Crippen MR) is 92.0 cm³/mol. The van der Waals surface area contributed by atoms with Crippen LogP contribution in [-0.4, -0.2) is 31.1 Å². The van der Waals surface area contributed by atoms with Crippen molar-refractivity contribution in [2.75, 3.05) is 0 Å². The van der Waals surface area contributed by atoms with Gasteiger partial charge in [-0.3, -0.25) is 4.57 Å². The smallest absolute Gasteiger partial charge is 0.408 e. The molecule has 2 saturated heterocycles. The van der Waals surface area contributed by atoms with E-state index in [2.05, 4.69) is 10.0 Å². The third-order valence-electron chi connectivity index (χ3n) is 4.87. The first kappa shape index (κ1) is 17.5. The molecule has 4 rings (SSSR count). The van der Waals surface area contributed by atoms with Crippen molar-refractivity contribution in [3.05, 3.63) is 28.7 Å². The van der Waals surface area contributed by atoms with Gasteiger partial charge < -0.3 is 9.73 Å². The number of sulfonamides is 1. The summed E-state index contributed by atoms with van der Waals surface area (Å²) in [7, 11) is -2.03. The lowest BCUT2D eigenvalue weighted by Gasteiger charge is -2.29. The number of oxazole rings is 1. The zero-order valence-electron chi connectivity index (χ0n) is 13.2. The first-order chi connectivity index (χ1) is 10.9. The monoisotopic (exact) mass is 373 g/mol. The van der Waals surface area contributed by atoms with Gasteiger partial charge >= 0.3 is 5.76 Å². The molecule has 0 spiro atoms. The van der Waals surface area contributed by atoms with E-state index < -0.39 is 15.8 Å². The molecule has 2 N–H and O–H groups in total. The molecule has 0 amide bonds. The summed E-state index contributed by atoms with van der Waals surface area (Å²) in [6, 6.07) is 5.30. The third kappa shape index (κ3) is 2.99. The van der Waals surface area contributed by atoms with E-state index >= 15 is 0 Å². The largest absolute Gasteiger partial charge is 0.419 e. The van der Waals surface area contributed by atoms with Crippen LogP contribution in [0.25, 0.3) is 11.1 Å². The van der Waals surface area contributed by atoms with Crippen molar-refractivity contribution < 1.29 is 12.8 Å². The van der Waals surface area contributed by atoms with Gasteiger partial charge in [-0.25, -0.2) is 17.9 Å². The van der Waals surface area contributed by atoms with Gasteiger partial charge in [0.2, 0.25) is 10.0 Å². The van der Waals surface area contributed by atoms with E-state index in [4.69, 9.17) is 4.42 Å². The summed E-state index contributed by atoms with van der Waals surface area (Å²) < 4.78 is 34.5. The number of aryl methyl sites for hydroxylation is 1. The van der Waals surface area contributed by atoms with E-state index in [-0.39, 0.29) is 28.9 Å². The quantitative estimate of drug-likeness (QED) is 0.840. The topological polar surface area (TPSA) is 93.3 Å². The number of hydrogen-bond donors (Lipinski definition) is 2. The normalized spacial score (nSPS) is 26.5. The van der Waals surface area contributed by atoms with Crippen LogP contribution < -0.4 is 15.8 Å². The maximum atomic E-state index is 12.6. The lowest BCUT2D eigenvalue weighted by Crippen LogP contribution is -2.47. The minimum Gasteiger partial charge on any atom is -0.408 e. The minimum atomic E-state index is -3.62. The number of rotatable bonds is 3. The Morgan fingerprint density at radius 2 is 1.92 bits per heavy atom. The van der Waals surface area contributed by atoms with Crippen LogP contribution in [0.2, 0.25) is 0 Å². The van der Waals surface area contributed by atoms with Gasteiger partial charge in [-0.15, -0.1) is 12.4 Å². The molecule has 2 atom stereocenters. The summed E-state index contributed by atoms with van der Waals surface area (Å²) in [5, 5.41) is 3.49. The number of nitrogens with zero attached hydrogens (tertiary/aromatic N) is 1. The maximum Gasteiger partial charge on any atom is 0.419 e. The van der Waals surface area contributed by atoms with Crippen LogP contribution >= 0.6 is 12.4 Å². The van der Waals surface area contributed by atoms with E-state index in [1.54, 1.807) is 13.1 Å². The lowest BCUT2D eigenvalue weighted by atomic mass is 10.0. The molecule has 2 fully saturated rings. The van der Waals surface area contributed by atoms with E-state index in [1.807, 2.05) is 0 Å². The van der Waals surface area contributed by atoms with Gasteiger partial charge in [0.15, 0.2) is 5.58 Å². The van der Waals surface area contributed by atoms with Crippen molar-refractivity contribution in [1.82, 2.24) is 14.6 Å². The van der Waals surface area contributed by atoms with Gasteiger partial charge in [-0.1, -0.05) is 0 Å². The van der Waals surface area contributed by atoms with Crippen LogP contribution in [0.15, 0.2) is 32.3 Å². The predicted octanol–water partition coefficient (Wildman–Crippen LogP) is 1.11. The Hall–Kier alpha value is -1.35. The lowest BCUT2D eigenvalue weighted by molar-refractivity contribution is 0.345. The van der Waals surface area contributed by atoms with Crippen LogP contribution in [0.5, 0.6) is 0 Å². The maximum absolute atomic E-state index is 12.6. The Morgan fingerprint density at radius 1 is 1.25 bits per heavy atom. The third-order valence-corrected chi connectivity index (χ3v) is 6.39. The van der Waals surface area contributed by atoms with Crippen LogP contribution in [0.4, 0.5) is 0 Å². The van der Waals surface area contributed by atoms with Crippen LogP contribution in [0.1, 0.15) is 25.7 Å². The Labute approximate surface area is 145 Å². The molecule has 3 heterocycles. The van der Waals surface area contributed by atoms with E-state index in [1.165, 1.54) is 16.7 Å².